The number of aromatic nitrogens is 1. The minimum absolute atomic E-state index is 0.0514. The van der Waals surface area contributed by atoms with Gasteiger partial charge in [-0.1, -0.05) is 36.8 Å². The summed E-state index contributed by atoms with van der Waals surface area (Å²) in [6.07, 6.45) is 5.63. The van der Waals surface area contributed by atoms with Gasteiger partial charge in [-0.3, -0.25) is 4.79 Å². The number of rotatable bonds is 8. The summed E-state index contributed by atoms with van der Waals surface area (Å²) in [4.78, 5) is 15.8. The Hall–Kier alpha value is -2.80. The van der Waals surface area contributed by atoms with E-state index in [0.29, 0.717) is 13.0 Å². The number of nitrogens with one attached hydrogen (secondary N) is 1. The van der Waals surface area contributed by atoms with Crippen LogP contribution in [-0.4, -0.2) is 52.5 Å². The molecule has 3 heterocycles. The standard InChI is InChI=1S/C32H35N3O2S/c36-15-6-13-35-27-10-9-21(20-38-16-14-34-11-4-1-5-12-34)17-24(27)29-26-19-33-32(37)30(26)28-23-8-3-2-7-22(23)18-25(28)31(29)35/h2-3,7-10,17,36H,1,4-6,11-16,18-20H2,(H,33,37). The number of fused-ring (bicyclic) bond motifs is 10. The van der Waals surface area contributed by atoms with E-state index in [1.165, 1.54) is 83.0 Å². The number of likely N-dealkylation sites (tertiary alicyclic amines) is 1. The molecule has 0 radical (unpaired) electrons. The molecule has 3 aliphatic rings. The van der Waals surface area contributed by atoms with Crippen molar-refractivity contribution in [3.05, 3.63) is 70.3 Å². The number of carbonyl (C=O) groups is 1. The molecule has 4 aromatic rings. The van der Waals surface area contributed by atoms with Gasteiger partial charge >= 0.3 is 0 Å². The second-order valence-electron chi connectivity index (χ2n) is 11.0. The molecule has 2 aliphatic heterocycles. The van der Waals surface area contributed by atoms with Crippen LogP contribution in [0.2, 0.25) is 0 Å². The lowest BCUT2D eigenvalue weighted by Gasteiger charge is -2.26. The Morgan fingerprint density at radius 1 is 0.974 bits per heavy atom. The molecule has 0 saturated carbocycles. The Balaban J connectivity index is 1.32. The molecule has 1 aliphatic carbocycles. The molecule has 3 aromatic carbocycles. The zero-order valence-electron chi connectivity index (χ0n) is 21.9. The first-order valence-corrected chi connectivity index (χ1v) is 15.3. The molecule has 2 N–H and O–H groups in total. The van der Waals surface area contributed by atoms with Crippen LogP contribution in [0.15, 0.2) is 42.5 Å². The Morgan fingerprint density at radius 3 is 2.71 bits per heavy atom. The summed E-state index contributed by atoms with van der Waals surface area (Å²) in [7, 11) is 0. The number of piperidine rings is 1. The first-order valence-electron chi connectivity index (χ1n) is 14.1. The molecule has 38 heavy (non-hydrogen) atoms. The van der Waals surface area contributed by atoms with Gasteiger partial charge in [0, 0.05) is 66.0 Å². The summed E-state index contributed by atoms with van der Waals surface area (Å²) in [6, 6.07) is 15.5. The predicted molar refractivity (Wildman–Crippen MR) is 157 cm³/mol. The van der Waals surface area contributed by atoms with Crippen molar-refractivity contribution in [2.75, 3.05) is 32.0 Å². The maximum absolute atomic E-state index is 13.2. The van der Waals surface area contributed by atoms with Gasteiger partial charge in [0.2, 0.25) is 0 Å². The Morgan fingerprint density at radius 2 is 1.84 bits per heavy atom. The molecule has 7 rings (SSSR count). The quantitative estimate of drug-likeness (QED) is 0.255. The lowest BCUT2D eigenvalue weighted by Crippen LogP contribution is -2.31. The average Bonchev–Trinajstić information content (AvgIpc) is 3.61. The van der Waals surface area contributed by atoms with Gasteiger partial charge in [-0.25, -0.2) is 0 Å². The normalized spacial score (nSPS) is 16.7. The highest BCUT2D eigenvalue weighted by molar-refractivity contribution is 7.98. The molecule has 1 saturated heterocycles. The number of thioether (sulfide) groups is 1. The molecular weight excluding hydrogens is 490 g/mol. The van der Waals surface area contributed by atoms with Gasteiger partial charge in [0.15, 0.2) is 0 Å². The third-order valence-corrected chi connectivity index (χ3v) is 9.69. The van der Waals surface area contributed by atoms with E-state index in [4.69, 9.17) is 0 Å². The van der Waals surface area contributed by atoms with Crippen LogP contribution in [0.1, 0.15) is 58.3 Å². The first kappa shape index (κ1) is 24.3. The van der Waals surface area contributed by atoms with Gasteiger partial charge < -0.3 is 19.9 Å². The molecule has 0 atom stereocenters. The summed E-state index contributed by atoms with van der Waals surface area (Å²) >= 11 is 2.02. The highest BCUT2D eigenvalue weighted by atomic mass is 32.2. The highest BCUT2D eigenvalue weighted by Gasteiger charge is 2.35. The van der Waals surface area contributed by atoms with E-state index in [1.54, 1.807) is 0 Å². The van der Waals surface area contributed by atoms with Crippen LogP contribution < -0.4 is 5.32 Å². The van der Waals surface area contributed by atoms with Crippen LogP contribution in [0.5, 0.6) is 0 Å². The van der Waals surface area contributed by atoms with Gasteiger partial charge in [-0.2, -0.15) is 11.8 Å². The van der Waals surface area contributed by atoms with E-state index >= 15 is 0 Å². The van der Waals surface area contributed by atoms with E-state index in [9.17, 15) is 9.90 Å². The average molecular weight is 526 g/mol. The minimum Gasteiger partial charge on any atom is -0.396 e. The zero-order chi connectivity index (χ0) is 25.6. The summed E-state index contributed by atoms with van der Waals surface area (Å²) in [5, 5.41) is 15.3. The topological polar surface area (TPSA) is 57.5 Å². The van der Waals surface area contributed by atoms with Gasteiger partial charge in [-0.05, 0) is 72.3 Å². The molecule has 0 unspecified atom stereocenters. The summed E-state index contributed by atoms with van der Waals surface area (Å²) in [5.74, 6) is 2.22. The number of aryl methyl sites for hydroxylation is 1. The van der Waals surface area contributed by atoms with Crippen LogP contribution in [0.25, 0.3) is 32.9 Å². The van der Waals surface area contributed by atoms with E-state index in [-0.39, 0.29) is 12.5 Å². The number of aliphatic hydroxyl groups is 1. The lowest BCUT2D eigenvalue weighted by molar-refractivity contribution is 0.0966. The fraction of sp³-hybridized carbons (Fsp3) is 0.406. The van der Waals surface area contributed by atoms with Crippen LogP contribution in [0.3, 0.4) is 0 Å². The maximum Gasteiger partial charge on any atom is 0.252 e. The van der Waals surface area contributed by atoms with E-state index < -0.39 is 0 Å². The van der Waals surface area contributed by atoms with Crippen LogP contribution >= 0.6 is 11.8 Å². The lowest BCUT2D eigenvalue weighted by atomic mass is 9.92. The van der Waals surface area contributed by atoms with Crippen LogP contribution in [0, 0.1) is 0 Å². The molecule has 1 amide bonds. The van der Waals surface area contributed by atoms with Crippen molar-refractivity contribution in [3.8, 4) is 11.1 Å². The van der Waals surface area contributed by atoms with Crippen molar-refractivity contribution in [1.82, 2.24) is 14.8 Å². The van der Waals surface area contributed by atoms with Gasteiger partial charge in [-0.15, -0.1) is 0 Å². The Labute approximate surface area is 228 Å². The first-order chi connectivity index (χ1) is 18.7. The third-order valence-electron chi connectivity index (χ3n) is 8.68. The number of hydrogen-bond acceptors (Lipinski definition) is 4. The van der Waals surface area contributed by atoms with Crippen molar-refractivity contribution >= 4 is 39.5 Å². The van der Waals surface area contributed by atoms with Crippen molar-refractivity contribution in [1.29, 1.82) is 0 Å². The van der Waals surface area contributed by atoms with Gasteiger partial charge in [0.1, 0.15) is 0 Å². The molecule has 1 aromatic heterocycles. The molecule has 5 nitrogen and oxygen atoms in total. The van der Waals surface area contributed by atoms with E-state index in [2.05, 4.69) is 57.2 Å². The Bertz CT molecular complexity index is 1550. The summed E-state index contributed by atoms with van der Waals surface area (Å²) in [6.45, 7) is 5.21. The number of benzene rings is 3. The van der Waals surface area contributed by atoms with Gasteiger partial charge in [0.25, 0.3) is 5.91 Å². The van der Waals surface area contributed by atoms with Crippen molar-refractivity contribution < 1.29 is 9.90 Å². The monoisotopic (exact) mass is 525 g/mol. The van der Waals surface area contributed by atoms with Gasteiger partial charge in [0.05, 0.1) is 11.1 Å². The third kappa shape index (κ3) is 3.96. The van der Waals surface area contributed by atoms with E-state index in [0.717, 1.165) is 41.2 Å². The molecule has 6 heteroatoms. The molecule has 1 fully saturated rings. The molecule has 196 valence electrons. The SMILES string of the molecule is O=C1NCc2c1c1c(c3c2c2cc(CSCCN4CCCCC4)ccc2n3CCCO)Cc2ccccc2-1. The van der Waals surface area contributed by atoms with Crippen LogP contribution in [0.4, 0.5) is 0 Å². The smallest absolute Gasteiger partial charge is 0.252 e. The zero-order valence-corrected chi connectivity index (χ0v) is 22.7. The van der Waals surface area contributed by atoms with E-state index in [1.807, 2.05) is 11.8 Å². The Kier molecular flexibility index (Phi) is 6.42. The molecular formula is C32H35N3O2S. The summed E-state index contributed by atoms with van der Waals surface area (Å²) < 4.78 is 2.42. The van der Waals surface area contributed by atoms with Crippen LogP contribution in [-0.2, 0) is 25.3 Å². The van der Waals surface area contributed by atoms with Crippen molar-refractivity contribution in [2.45, 2.75) is 50.9 Å². The number of nitrogens with zero attached hydrogens (tertiary/aromatic N) is 2. The second kappa shape index (κ2) is 10.1. The number of hydrogen-bond donors (Lipinski definition) is 2. The van der Waals surface area contributed by atoms with Crippen molar-refractivity contribution in [2.24, 2.45) is 0 Å². The largest absolute Gasteiger partial charge is 0.396 e. The van der Waals surface area contributed by atoms with Crippen molar-refractivity contribution in [3.63, 3.8) is 0 Å². The second-order valence-corrected chi connectivity index (χ2v) is 12.1. The fourth-order valence-corrected chi connectivity index (χ4v) is 7.89. The highest BCUT2D eigenvalue weighted by Crippen LogP contribution is 2.48. The molecule has 0 bridgehead atoms. The maximum atomic E-state index is 13.2. The molecule has 0 spiro atoms. The summed E-state index contributed by atoms with van der Waals surface area (Å²) in [5.41, 5.74) is 10.7. The number of amides is 1. The minimum atomic E-state index is 0.0514. The number of carbonyl (C=O) groups excluding carboxylic acids is 1. The fourth-order valence-electron chi connectivity index (χ4n) is 6.95. The predicted octanol–water partition coefficient (Wildman–Crippen LogP) is 5.71. The number of aliphatic hydroxyl groups excluding tert-OH is 1.